The molecule has 0 fully saturated rings. The van der Waals surface area contributed by atoms with Crippen LogP contribution >= 0.6 is 0 Å². The van der Waals surface area contributed by atoms with Gasteiger partial charge in [0.05, 0.1) is 17.6 Å². The highest BCUT2D eigenvalue weighted by Gasteiger charge is 2.12. The fraction of sp³-hybridized carbons (Fsp3) is 0.364. The highest BCUT2D eigenvalue weighted by molar-refractivity contribution is 5.75. The number of carbonyl (C=O) groups excluding carboxylic acids is 1. The van der Waals surface area contributed by atoms with E-state index in [4.69, 9.17) is 9.72 Å². The van der Waals surface area contributed by atoms with E-state index in [0.29, 0.717) is 32.0 Å². The lowest BCUT2D eigenvalue weighted by atomic mass is 10.0. The number of nitrogens with zero attached hydrogens (tertiary/aromatic N) is 2. The monoisotopic (exact) mass is 365 g/mol. The number of aromatic nitrogens is 2. The molecule has 0 saturated heterocycles. The van der Waals surface area contributed by atoms with Crippen molar-refractivity contribution in [1.82, 2.24) is 14.9 Å². The fourth-order valence-electron chi connectivity index (χ4n) is 3.30. The third-order valence-corrected chi connectivity index (χ3v) is 4.67. The number of hydrogen-bond acceptors (Lipinski definition) is 3. The Morgan fingerprint density at radius 1 is 1.22 bits per heavy atom. The first kappa shape index (κ1) is 19.0. The smallest absolute Gasteiger partial charge is 0.207 e. The molecule has 0 aliphatic carbocycles. The minimum absolute atomic E-state index is 0.416. The summed E-state index contributed by atoms with van der Waals surface area (Å²) in [5, 5.41) is 2.71. The van der Waals surface area contributed by atoms with Crippen LogP contribution in [0.25, 0.3) is 11.0 Å². The van der Waals surface area contributed by atoms with E-state index >= 15 is 0 Å². The van der Waals surface area contributed by atoms with Crippen LogP contribution in [0.5, 0.6) is 5.75 Å². The molecule has 0 saturated carbocycles. The second-order valence-electron chi connectivity index (χ2n) is 7.03. The molecule has 142 valence electrons. The first-order valence-corrected chi connectivity index (χ1v) is 9.44. The van der Waals surface area contributed by atoms with Crippen LogP contribution in [0.4, 0.5) is 0 Å². The summed E-state index contributed by atoms with van der Waals surface area (Å²) in [5.41, 5.74) is 4.49. The summed E-state index contributed by atoms with van der Waals surface area (Å²) in [6.45, 7) is 8.29. The van der Waals surface area contributed by atoms with E-state index in [0.717, 1.165) is 29.0 Å². The van der Waals surface area contributed by atoms with Gasteiger partial charge in [-0.1, -0.05) is 38.1 Å². The molecule has 3 aromatic rings. The summed E-state index contributed by atoms with van der Waals surface area (Å²) >= 11 is 0. The van der Waals surface area contributed by atoms with Gasteiger partial charge in [0, 0.05) is 13.0 Å². The average molecular weight is 365 g/mol. The number of para-hydroxylation sites is 2. The molecular formula is C22H27N3O2. The predicted molar refractivity (Wildman–Crippen MR) is 108 cm³/mol. The Labute approximate surface area is 160 Å². The molecule has 0 unspecified atom stereocenters. The van der Waals surface area contributed by atoms with Crippen molar-refractivity contribution in [3.63, 3.8) is 0 Å². The number of carbonyl (C=O) groups is 1. The molecule has 0 spiro atoms. The van der Waals surface area contributed by atoms with E-state index in [2.05, 4.69) is 54.9 Å². The molecule has 1 amide bonds. The van der Waals surface area contributed by atoms with Crippen molar-refractivity contribution in [3.8, 4) is 5.75 Å². The molecule has 0 aliphatic heterocycles. The minimum Gasteiger partial charge on any atom is -0.491 e. The zero-order valence-corrected chi connectivity index (χ0v) is 16.2. The van der Waals surface area contributed by atoms with Gasteiger partial charge >= 0.3 is 0 Å². The van der Waals surface area contributed by atoms with Gasteiger partial charge in [0.25, 0.3) is 0 Å². The topological polar surface area (TPSA) is 56.1 Å². The van der Waals surface area contributed by atoms with E-state index in [1.54, 1.807) is 0 Å². The second kappa shape index (κ2) is 8.71. The highest BCUT2D eigenvalue weighted by Crippen LogP contribution is 2.27. The number of amides is 1. The first-order chi connectivity index (χ1) is 13.1. The molecule has 3 rings (SSSR count). The third-order valence-electron chi connectivity index (χ3n) is 4.67. The highest BCUT2D eigenvalue weighted by atomic mass is 16.5. The number of benzene rings is 2. The molecule has 0 atom stereocenters. The first-order valence-electron chi connectivity index (χ1n) is 9.44. The van der Waals surface area contributed by atoms with Crippen molar-refractivity contribution < 1.29 is 9.53 Å². The molecule has 1 N–H and O–H groups in total. The Morgan fingerprint density at radius 3 is 2.81 bits per heavy atom. The summed E-state index contributed by atoms with van der Waals surface area (Å²) < 4.78 is 8.35. The van der Waals surface area contributed by atoms with Gasteiger partial charge in [-0.2, -0.15) is 0 Å². The van der Waals surface area contributed by atoms with Crippen LogP contribution in [0.15, 0.2) is 42.5 Å². The molecule has 27 heavy (non-hydrogen) atoms. The maximum absolute atomic E-state index is 10.5. The number of imidazole rings is 1. The maximum atomic E-state index is 10.5. The molecule has 1 heterocycles. The van der Waals surface area contributed by atoms with E-state index < -0.39 is 0 Å². The number of aryl methyl sites for hydroxylation is 1. The lowest BCUT2D eigenvalue weighted by Crippen LogP contribution is -2.18. The molecule has 1 aromatic heterocycles. The number of nitrogens with one attached hydrogen (secondary N) is 1. The molecule has 5 heteroatoms. The van der Waals surface area contributed by atoms with Crippen molar-refractivity contribution in [1.29, 1.82) is 0 Å². The summed E-state index contributed by atoms with van der Waals surface area (Å²) in [7, 11) is 0. The zero-order chi connectivity index (χ0) is 19.2. The predicted octanol–water partition coefficient (Wildman–Crippen LogP) is 3.84. The van der Waals surface area contributed by atoms with Gasteiger partial charge in [-0.05, 0) is 42.2 Å². The van der Waals surface area contributed by atoms with Crippen LogP contribution in [0.1, 0.15) is 36.7 Å². The number of fused-ring (bicyclic) bond motifs is 1. The Balaban J connectivity index is 1.77. The van der Waals surface area contributed by atoms with Crippen molar-refractivity contribution in [2.75, 3.05) is 13.2 Å². The third kappa shape index (κ3) is 4.48. The van der Waals surface area contributed by atoms with Crippen molar-refractivity contribution in [2.24, 2.45) is 0 Å². The van der Waals surface area contributed by atoms with E-state index in [1.807, 2.05) is 18.2 Å². The van der Waals surface area contributed by atoms with Crippen LogP contribution < -0.4 is 10.1 Å². The molecule has 5 nitrogen and oxygen atoms in total. The van der Waals surface area contributed by atoms with E-state index in [-0.39, 0.29) is 0 Å². The van der Waals surface area contributed by atoms with E-state index in [1.165, 1.54) is 11.1 Å². The van der Waals surface area contributed by atoms with Gasteiger partial charge in [-0.3, -0.25) is 4.79 Å². The Kier molecular flexibility index (Phi) is 6.12. The SMILES string of the molecule is Cc1ccc(C(C)C)c(OCCn2c(CCNC=O)nc3ccccc32)c1. The van der Waals surface area contributed by atoms with Crippen molar-refractivity contribution in [3.05, 3.63) is 59.4 Å². The summed E-state index contributed by atoms with van der Waals surface area (Å²) in [6.07, 6.45) is 1.41. The number of rotatable bonds is 9. The molecular weight excluding hydrogens is 338 g/mol. The van der Waals surface area contributed by atoms with Crippen LogP contribution in [0.2, 0.25) is 0 Å². The van der Waals surface area contributed by atoms with Crippen LogP contribution in [0, 0.1) is 6.92 Å². The van der Waals surface area contributed by atoms with Crippen molar-refractivity contribution in [2.45, 2.75) is 39.7 Å². The minimum atomic E-state index is 0.416. The zero-order valence-electron chi connectivity index (χ0n) is 16.2. The lowest BCUT2D eigenvalue weighted by molar-refractivity contribution is -0.109. The van der Waals surface area contributed by atoms with Gasteiger partial charge in [0.1, 0.15) is 18.2 Å². The normalized spacial score (nSPS) is 11.1. The Morgan fingerprint density at radius 2 is 2.04 bits per heavy atom. The van der Waals surface area contributed by atoms with Crippen LogP contribution in [-0.4, -0.2) is 29.1 Å². The largest absolute Gasteiger partial charge is 0.491 e. The Bertz CT molecular complexity index is 915. The van der Waals surface area contributed by atoms with Gasteiger partial charge in [-0.25, -0.2) is 4.98 Å². The maximum Gasteiger partial charge on any atom is 0.207 e. The Hall–Kier alpha value is -2.82. The van der Waals surface area contributed by atoms with Gasteiger partial charge in [0.2, 0.25) is 6.41 Å². The standard InChI is InChI=1S/C22H27N3O2/c1-16(2)18-9-8-17(3)14-21(18)27-13-12-25-20-7-5-4-6-19(20)24-22(25)10-11-23-15-26/h4-9,14-16H,10-13H2,1-3H3,(H,23,26). The summed E-state index contributed by atoms with van der Waals surface area (Å²) in [6, 6.07) is 14.5. The lowest BCUT2D eigenvalue weighted by Gasteiger charge is -2.16. The summed E-state index contributed by atoms with van der Waals surface area (Å²) in [5.74, 6) is 2.33. The molecule has 0 radical (unpaired) electrons. The summed E-state index contributed by atoms with van der Waals surface area (Å²) in [4.78, 5) is 15.3. The molecule has 2 aromatic carbocycles. The molecule has 0 aliphatic rings. The number of hydrogen-bond donors (Lipinski definition) is 1. The van der Waals surface area contributed by atoms with Gasteiger partial charge in [0.15, 0.2) is 0 Å². The molecule has 0 bridgehead atoms. The average Bonchev–Trinajstić information content (AvgIpc) is 2.99. The van der Waals surface area contributed by atoms with Crippen LogP contribution in [0.3, 0.4) is 0 Å². The van der Waals surface area contributed by atoms with Crippen LogP contribution in [-0.2, 0) is 17.8 Å². The quantitative estimate of drug-likeness (QED) is 0.463. The van der Waals surface area contributed by atoms with Gasteiger partial charge in [-0.15, -0.1) is 0 Å². The van der Waals surface area contributed by atoms with Gasteiger partial charge < -0.3 is 14.6 Å². The fourth-order valence-corrected chi connectivity index (χ4v) is 3.30. The van der Waals surface area contributed by atoms with Crippen molar-refractivity contribution >= 4 is 17.4 Å². The van der Waals surface area contributed by atoms with E-state index in [9.17, 15) is 4.79 Å². The second-order valence-corrected chi connectivity index (χ2v) is 7.03. The number of ether oxygens (including phenoxy) is 1.